The third-order valence-corrected chi connectivity index (χ3v) is 6.37. The van der Waals surface area contributed by atoms with Gasteiger partial charge in [-0.25, -0.2) is 0 Å². The first-order valence-corrected chi connectivity index (χ1v) is 11.1. The third-order valence-electron chi connectivity index (χ3n) is 6.37. The van der Waals surface area contributed by atoms with E-state index >= 15 is 0 Å². The Morgan fingerprint density at radius 2 is 1.81 bits per heavy atom. The molecule has 2 aromatic carbocycles. The molecule has 1 amide bonds. The van der Waals surface area contributed by atoms with Gasteiger partial charge in [0.05, 0.1) is 7.11 Å². The van der Waals surface area contributed by atoms with Gasteiger partial charge in [0.25, 0.3) is 0 Å². The standard InChI is InChI=1S/C26H35NO4/c1-8-9-23(28)27(6)20-10-12-21(13-11-20)30-16-26(5)15-14-22-19(4)24(29-7)17(2)18(3)25(22)31-26/h10-13H,8-9,14-16H2,1-7H3. The Bertz CT molecular complexity index is 951. The van der Waals surface area contributed by atoms with Crippen molar-refractivity contribution >= 4 is 11.6 Å². The summed E-state index contributed by atoms with van der Waals surface area (Å²) in [7, 11) is 3.54. The maximum Gasteiger partial charge on any atom is 0.226 e. The molecule has 1 atom stereocenters. The zero-order valence-electron chi connectivity index (χ0n) is 19.9. The molecule has 0 bridgehead atoms. The van der Waals surface area contributed by atoms with Crippen molar-refractivity contribution in [2.24, 2.45) is 0 Å². The lowest BCUT2D eigenvalue weighted by Gasteiger charge is -2.37. The number of benzene rings is 2. The van der Waals surface area contributed by atoms with Crippen LogP contribution in [0.4, 0.5) is 5.69 Å². The first-order valence-electron chi connectivity index (χ1n) is 11.1. The highest BCUT2D eigenvalue weighted by molar-refractivity contribution is 5.92. The topological polar surface area (TPSA) is 48.0 Å². The summed E-state index contributed by atoms with van der Waals surface area (Å²) in [5.41, 5.74) is 5.13. The minimum atomic E-state index is -0.405. The molecular weight excluding hydrogens is 390 g/mol. The minimum Gasteiger partial charge on any atom is -0.496 e. The van der Waals surface area contributed by atoms with Gasteiger partial charge in [-0.1, -0.05) is 6.92 Å². The van der Waals surface area contributed by atoms with Crippen LogP contribution in [0.25, 0.3) is 0 Å². The lowest BCUT2D eigenvalue weighted by molar-refractivity contribution is -0.118. The normalized spacial score (nSPS) is 17.5. The van der Waals surface area contributed by atoms with Crippen LogP contribution in [0.5, 0.6) is 17.2 Å². The number of hydrogen-bond acceptors (Lipinski definition) is 4. The number of fused-ring (bicyclic) bond motifs is 1. The Kier molecular flexibility index (Phi) is 6.83. The molecule has 0 spiro atoms. The first kappa shape index (κ1) is 23.0. The van der Waals surface area contributed by atoms with E-state index in [4.69, 9.17) is 14.2 Å². The van der Waals surface area contributed by atoms with Gasteiger partial charge in [-0.3, -0.25) is 4.79 Å². The van der Waals surface area contributed by atoms with E-state index in [2.05, 4.69) is 27.7 Å². The van der Waals surface area contributed by atoms with Crippen LogP contribution in [0.2, 0.25) is 0 Å². The minimum absolute atomic E-state index is 0.121. The molecule has 168 valence electrons. The van der Waals surface area contributed by atoms with Crippen molar-refractivity contribution in [3.63, 3.8) is 0 Å². The Hall–Kier alpha value is -2.69. The summed E-state index contributed by atoms with van der Waals surface area (Å²) in [6.07, 6.45) is 3.20. The van der Waals surface area contributed by atoms with Gasteiger partial charge in [0, 0.05) is 24.7 Å². The molecule has 1 heterocycles. The molecule has 0 saturated heterocycles. The van der Waals surface area contributed by atoms with Crippen LogP contribution in [-0.2, 0) is 11.2 Å². The van der Waals surface area contributed by atoms with Crippen molar-refractivity contribution < 1.29 is 19.0 Å². The van der Waals surface area contributed by atoms with Gasteiger partial charge in [0.2, 0.25) is 5.91 Å². The summed E-state index contributed by atoms with van der Waals surface area (Å²) in [5, 5.41) is 0. The molecule has 5 heteroatoms. The molecule has 1 aliphatic rings. The van der Waals surface area contributed by atoms with E-state index in [9.17, 15) is 4.79 Å². The van der Waals surface area contributed by atoms with Crippen molar-refractivity contribution in [2.75, 3.05) is 25.7 Å². The Labute approximate surface area is 186 Å². The van der Waals surface area contributed by atoms with E-state index < -0.39 is 5.60 Å². The van der Waals surface area contributed by atoms with E-state index in [0.717, 1.165) is 53.3 Å². The Morgan fingerprint density at radius 3 is 2.42 bits per heavy atom. The van der Waals surface area contributed by atoms with Gasteiger partial charge in [-0.15, -0.1) is 0 Å². The highest BCUT2D eigenvalue weighted by Crippen LogP contribution is 2.43. The fourth-order valence-corrected chi connectivity index (χ4v) is 4.22. The molecule has 0 fully saturated rings. The molecule has 0 aliphatic carbocycles. The second-order valence-electron chi connectivity index (χ2n) is 8.75. The van der Waals surface area contributed by atoms with Gasteiger partial charge >= 0.3 is 0 Å². The van der Waals surface area contributed by atoms with Crippen LogP contribution in [-0.4, -0.2) is 32.3 Å². The molecule has 0 N–H and O–H groups in total. The molecule has 0 radical (unpaired) electrons. The molecule has 0 aromatic heterocycles. The van der Waals surface area contributed by atoms with Crippen LogP contribution >= 0.6 is 0 Å². The zero-order valence-corrected chi connectivity index (χ0v) is 19.9. The van der Waals surface area contributed by atoms with Crippen molar-refractivity contribution in [3.8, 4) is 17.2 Å². The summed E-state index contributed by atoms with van der Waals surface area (Å²) in [5.74, 6) is 2.83. The number of amides is 1. The number of methoxy groups -OCH3 is 1. The van der Waals surface area contributed by atoms with Gasteiger partial charge in [0.15, 0.2) is 0 Å². The second-order valence-corrected chi connectivity index (χ2v) is 8.75. The number of carbonyl (C=O) groups is 1. The lowest BCUT2D eigenvalue weighted by Crippen LogP contribution is -2.42. The summed E-state index contributed by atoms with van der Waals surface area (Å²) >= 11 is 0. The summed E-state index contributed by atoms with van der Waals surface area (Å²) in [6, 6.07) is 7.67. The third kappa shape index (κ3) is 4.65. The van der Waals surface area contributed by atoms with Gasteiger partial charge in [0.1, 0.15) is 29.5 Å². The number of ether oxygens (including phenoxy) is 3. The van der Waals surface area contributed by atoms with Crippen LogP contribution in [0.1, 0.15) is 55.4 Å². The summed E-state index contributed by atoms with van der Waals surface area (Å²) < 4.78 is 18.2. The largest absolute Gasteiger partial charge is 0.496 e. The SMILES string of the molecule is CCCC(=O)N(C)c1ccc(OCC2(C)CCc3c(C)c(OC)c(C)c(C)c3O2)cc1. The summed E-state index contributed by atoms with van der Waals surface area (Å²) in [4.78, 5) is 13.8. The maximum atomic E-state index is 12.1. The predicted molar refractivity (Wildman–Crippen MR) is 125 cm³/mol. The average molecular weight is 426 g/mol. The molecule has 3 rings (SSSR count). The molecule has 0 saturated carbocycles. The number of carbonyl (C=O) groups excluding carboxylic acids is 1. The van der Waals surface area contributed by atoms with Crippen molar-refractivity contribution in [3.05, 3.63) is 46.5 Å². The number of anilines is 1. The number of rotatable bonds is 7. The Balaban J connectivity index is 1.70. The molecule has 5 nitrogen and oxygen atoms in total. The first-order chi connectivity index (χ1) is 14.7. The van der Waals surface area contributed by atoms with Gasteiger partial charge in [-0.05, 0) is 87.9 Å². The fourth-order valence-electron chi connectivity index (χ4n) is 4.22. The highest BCUT2D eigenvalue weighted by atomic mass is 16.5. The predicted octanol–water partition coefficient (Wildman–Crippen LogP) is 5.55. The van der Waals surface area contributed by atoms with E-state index in [1.54, 1.807) is 12.0 Å². The quantitative estimate of drug-likeness (QED) is 0.584. The van der Waals surface area contributed by atoms with Crippen LogP contribution < -0.4 is 19.1 Å². The monoisotopic (exact) mass is 425 g/mol. The highest BCUT2D eigenvalue weighted by Gasteiger charge is 2.35. The van der Waals surface area contributed by atoms with Crippen molar-refractivity contribution in [1.82, 2.24) is 0 Å². The maximum absolute atomic E-state index is 12.1. The smallest absolute Gasteiger partial charge is 0.226 e. The van der Waals surface area contributed by atoms with E-state index in [-0.39, 0.29) is 5.91 Å². The van der Waals surface area contributed by atoms with Gasteiger partial charge in [-0.2, -0.15) is 0 Å². The average Bonchev–Trinajstić information content (AvgIpc) is 2.76. The fraction of sp³-hybridized carbons (Fsp3) is 0.500. The van der Waals surface area contributed by atoms with E-state index in [1.165, 1.54) is 11.1 Å². The number of hydrogen-bond donors (Lipinski definition) is 0. The van der Waals surface area contributed by atoms with E-state index in [1.807, 2.05) is 38.2 Å². The molecule has 1 aliphatic heterocycles. The lowest BCUT2D eigenvalue weighted by atomic mass is 9.87. The molecule has 31 heavy (non-hydrogen) atoms. The van der Waals surface area contributed by atoms with E-state index in [0.29, 0.717) is 13.0 Å². The van der Waals surface area contributed by atoms with Crippen LogP contribution in [0.3, 0.4) is 0 Å². The van der Waals surface area contributed by atoms with Crippen LogP contribution in [0, 0.1) is 20.8 Å². The molecular formula is C26H35NO4. The summed E-state index contributed by atoms with van der Waals surface area (Å²) in [6.45, 7) is 10.9. The number of nitrogens with zero attached hydrogens (tertiary/aromatic N) is 1. The van der Waals surface area contributed by atoms with Crippen LogP contribution in [0.15, 0.2) is 24.3 Å². The Morgan fingerprint density at radius 1 is 1.13 bits per heavy atom. The van der Waals surface area contributed by atoms with Gasteiger partial charge < -0.3 is 19.1 Å². The molecule has 1 unspecified atom stereocenters. The molecule has 2 aromatic rings. The van der Waals surface area contributed by atoms with Crippen molar-refractivity contribution in [1.29, 1.82) is 0 Å². The second kappa shape index (κ2) is 9.21. The van der Waals surface area contributed by atoms with Crippen molar-refractivity contribution in [2.45, 2.75) is 65.9 Å². The zero-order chi connectivity index (χ0) is 22.8.